The molecule has 0 aliphatic heterocycles. The minimum Gasteiger partial charge on any atom is -0.495 e. The van der Waals surface area contributed by atoms with Crippen LogP contribution in [0.2, 0.25) is 5.02 Å². The van der Waals surface area contributed by atoms with Crippen LogP contribution in [0.1, 0.15) is 30.8 Å². The maximum atomic E-state index is 12.3. The van der Waals surface area contributed by atoms with Gasteiger partial charge in [0.1, 0.15) is 11.4 Å². The molecule has 1 amide bonds. The molecule has 0 saturated carbocycles. The van der Waals surface area contributed by atoms with Gasteiger partial charge in [0.25, 0.3) is 5.91 Å². The lowest BCUT2D eigenvalue weighted by Gasteiger charge is -2.11. The first kappa shape index (κ1) is 18.1. The molecule has 2 aromatic rings. The minimum absolute atomic E-state index is 0.315. The van der Waals surface area contributed by atoms with E-state index >= 15 is 0 Å². The second-order valence-corrected chi connectivity index (χ2v) is 6.28. The number of halogens is 1. The van der Waals surface area contributed by atoms with E-state index in [1.165, 1.54) is 7.11 Å². The van der Waals surface area contributed by atoms with Crippen molar-refractivity contribution in [1.29, 1.82) is 0 Å². The summed E-state index contributed by atoms with van der Waals surface area (Å²) < 4.78 is 5.22. The average Bonchev–Trinajstić information content (AvgIpc) is 2.55. The van der Waals surface area contributed by atoms with Gasteiger partial charge < -0.3 is 15.4 Å². The fraction of sp³-hybridized carbons (Fsp3) is 0.333. The van der Waals surface area contributed by atoms with Gasteiger partial charge in [-0.15, -0.1) is 0 Å². The van der Waals surface area contributed by atoms with Crippen molar-refractivity contribution in [2.75, 3.05) is 24.3 Å². The second-order valence-electron chi connectivity index (χ2n) is 5.84. The van der Waals surface area contributed by atoms with Crippen LogP contribution >= 0.6 is 11.6 Å². The van der Waals surface area contributed by atoms with E-state index < -0.39 is 0 Å². The van der Waals surface area contributed by atoms with Crippen LogP contribution < -0.4 is 15.4 Å². The Labute approximate surface area is 147 Å². The summed E-state index contributed by atoms with van der Waals surface area (Å²) in [5.41, 5.74) is 1.73. The Morgan fingerprint density at radius 3 is 2.71 bits per heavy atom. The first-order valence-electron chi connectivity index (χ1n) is 7.84. The number of anilines is 2. The third-order valence-corrected chi connectivity index (χ3v) is 3.69. The molecule has 0 radical (unpaired) electrons. The average molecular weight is 348 g/mol. The van der Waals surface area contributed by atoms with Gasteiger partial charge in [0, 0.05) is 11.6 Å². The molecule has 1 aromatic heterocycles. The van der Waals surface area contributed by atoms with Gasteiger partial charge in [0.2, 0.25) is 0 Å². The van der Waals surface area contributed by atoms with E-state index in [2.05, 4.69) is 29.5 Å². The maximum Gasteiger partial charge on any atom is 0.274 e. The zero-order chi connectivity index (χ0) is 17.5. The molecule has 0 aliphatic carbocycles. The minimum atomic E-state index is -0.315. The van der Waals surface area contributed by atoms with Crippen LogP contribution in [0.4, 0.5) is 11.4 Å². The summed E-state index contributed by atoms with van der Waals surface area (Å²) in [5.74, 6) is 0.868. The number of hydrogen-bond acceptors (Lipinski definition) is 4. The Morgan fingerprint density at radius 1 is 1.29 bits per heavy atom. The van der Waals surface area contributed by atoms with Gasteiger partial charge in [-0.2, -0.15) is 0 Å². The summed E-state index contributed by atoms with van der Waals surface area (Å²) in [6, 6.07) is 8.57. The molecule has 1 aromatic carbocycles. The number of methoxy groups -OCH3 is 1. The lowest BCUT2D eigenvalue weighted by molar-refractivity contribution is 0.102. The lowest BCUT2D eigenvalue weighted by Crippen LogP contribution is -2.14. The molecule has 0 bridgehead atoms. The summed E-state index contributed by atoms with van der Waals surface area (Å²) in [6.45, 7) is 5.24. The van der Waals surface area contributed by atoms with Crippen LogP contribution in [0.25, 0.3) is 0 Å². The first-order chi connectivity index (χ1) is 11.5. The summed E-state index contributed by atoms with van der Waals surface area (Å²) in [5, 5.41) is 6.57. The van der Waals surface area contributed by atoms with Crippen LogP contribution in [0.3, 0.4) is 0 Å². The van der Waals surface area contributed by atoms with Gasteiger partial charge in [-0.05, 0) is 42.7 Å². The topological polar surface area (TPSA) is 63.2 Å². The number of rotatable bonds is 7. The predicted molar refractivity (Wildman–Crippen MR) is 98.1 cm³/mol. The molecule has 2 rings (SSSR count). The molecule has 0 fully saturated rings. The number of carbonyl (C=O) groups excluding carboxylic acids is 1. The molecular weight excluding hydrogens is 326 g/mol. The van der Waals surface area contributed by atoms with Crippen molar-refractivity contribution in [3.8, 4) is 5.75 Å². The Hall–Kier alpha value is -2.27. The van der Waals surface area contributed by atoms with Crippen molar-refractivity contribution in [1.82, 2.24) is 4.98 Å². The number of carbonyl (C=O) groups is 1. The van der Waals surface area contributed by atoms with Crippen LogP contribution in [0.5, 0.6) is 5.75 Å². The number of hydrogen-bond donors (Lipinski definition) is 2. The summed E-state index contributed by atoms with van der Waals surface area (Å²) in [4.78, 5) is 16.5. The molecule has 1 heterocycles. The molecule has 5 nitrogen and oxygen atoms in total. The van der Waals surface area contributed by atoms with E-state index in [0.717, 1.165) is 18.7 Å². The van der Waals surface area contributed by atoms with Crippen molar-refractivity contribution in [2.45, 2.75) is 20.3 Å². The fourth-order valence-electron chi connectivity index (χ4n) is 2.10. The smallest absolute Gasteiger partial charge is 0.274 e. The van der Waals surface area contributed by atoms with Crippen molar-refractivity contribution in [3.05, 3.63) is 47.2 Å². The Morgan fingerprint density at radius 2 is 2.08 bits per heavy atom. The van der Waals surface area contributed by atoms with E-state index in [1.807, 2.05) is 6.07 Å². The van der Waals surface area contributed by atoms with E-state index in [0.29, 0.717) is 28.1 Å². The lowest BCUT2D eigenvalue weighted by atomic mass is 10.1. The number of nitrogens with zero attached hydrogens (tertiary/aromatic N) is 1. The zero-order valence-electron chi connectivity index (χ0n) is 14.1. The maximum absolute atomic E-state index is 12.3. The molecule has 24 heavy (non-hydrogen) atoms. The fourth-order valence-corrected chi connectivity index (χ4v) is 2.27. The summed E-state index contributed by atoms with van der Waals surface area (Å²) in [6.07, 6.45) is 2.74. The first-order valence-corrected chi connectivity index (χ1v) is 8.22. The Kier molecular flexibility index (Phi) is 6.44. The number of aromatic nitrogens is 1. The number of pyridine rings is 1. The van der Waals surface area contributed by atoms with Gasteiger partial charge in [-0.1, -0.05) is 25.4 Å². The normalized spacial score (nSPS) is 10.5. The molecule has 0 saturated heterocycles. The summed E-state index contributed by atoms with van der Waals surface area (Å²) in [7, 11) is 1.54. The monoisotopic (exact) mass is 347 g/mol. The Balaban J connectivity index is 2.01. The van der Waals surface area contributed by atoms with Gasteiger partial charge in [-0.3, -0.25) is 4.79 Å². The molecule has 0 unspecified atom stereocenters. The molecule has 6 heteroatoms. The number of amides is 1. The van der Waals surface area contributed by atoms with Crippen LogP contribution in [0, 0.1) is 5.92 Å². The quantitative estimate of drug-likeness (QED) is 0.776. The highest BCUT2D eigenvalue weighted by Crippen LogP contribution is 2.28. The molecule has 0 spiro atoms. The largest absolute Gasteiger partial charge is 0.495 e. The number of benzene rings is 1. The molecule has 2 N–H and O–H groups in total. The summed E-state index contributed by atoms with van der Waals surface area (Å²) >= 11 is 5.96. The van der Waals surface area contributed by atoms with E-state index in [1.54, 1.807) is 30.5 Å². The van der Waals surface area contributed by atoms with Crippen molar-refractivity contribution < 1.29 is 9.53 Å². The zero-order valence-corrected chi connectivity index (χ0v) is 14.9. The van der Waals surface area contributed by atoms with Crippen LogP contribution in [-0.4, -0.2) is 24.5 Å². The standard InChI is InChI=1S/C18H22ClN3O2/c1-12(2)8-9-20-14-5-6-15(21-11-14)18(23)22-16-10-13(19)4-7-17(16)24-3/h4-7,10-12,20H,8-9H2,1-3H3,(H,22,23). The molecule has 128 valence electrons. The van der Waals surface area contributed by atoms with E-state index in [9.17, 15) is 4.79 Å². The van der Waals surface area contributed by atoms with Crippen LogP contribution in [-0.2, 0) is 0 Å². The number of nitrogens with one attached hydrogen (secondary N) is 2. The van der Waals surface area contributed by atoms with Crippen molar-refractivity contribution in [3.63, 3.8) is 0 Å². The van der Waals surface area contributed by atoms with Crippen LogP contribution in [0.15, 0.2) is 36.5 Å². The Bertz CT molecular complexity index is 687. The predicted octanol–water partition coefficient (Wildman–Crippen LogP) is 4.45. The third kappa shape index (κ3) is 5.13. The van der Waals surface area contributed by atoms with Crippen molar-refractivity contribution in [2.24, 2.45) is 5.92 Å². The van der Waals surface area contributed by atoms with Gasteiger partial charge >= 0.3 is 0 Å². The van der Waals surface area contributed by atoms with Gasteiger partial charge in [-0.25, -0.2) is 4.98 Å². The molecular formula is C18H22ClN3O2. The molecule has 0 aliphatic rings. The second kappa shape index (κ2) is 8.55. The highest BCUT2D eigenvalue weighted by molar-refractivity contribution is 6.31. The van der Waals surface area contributed by atoms with Crippen molar-refractivity contribution >= 4 is 28.9 Å². The SMILES string of the molecule is COc1ccc(Cl)cc1NC(=O)c1ccc(NCCC(C)C)cn1. The van der Waals surface area contributed by atoms with E-state index in [-0.39, 0.29) is 5.91 Å². The third-order valence-electron chi connectivity index (χ3n) is 3.46. The highest BCUT2D eigenvalue weighted by atomic mass is 35.5. The van der Waals surface area contributed by atoms with Gasteiger partial charge in [0.15, 0.2) is 0 Å². The van der Waals surface area contributed by atoms with E-state index in [4.69, 9.17) is 16.3 Å². The van der Waals surface area contributed by atoms with Gasteiger partial charge in [0.05, 0.1) is 24.7 Å². The number of ether oxygens (including phenoxy) is 1. The molecule has 0 atom stereocenters. The highest BCUT2D eigenvalue weighted by Gasteiger charge is 2.11.